The number of rotatable bonds is 7. The van der Waals surface area contributed by atoms with Crippen molar-refractivity contribution in [3.63, 3.8) is 0 Å². The number of guanidine groups is 1. The standard InChI is InChI=1S/C17H27N3O2.HI/c1-3-18-16(20-13-17(21)10-4-11-17)19-12-9-14-5-7-15(22-2)8-6-14;/h5-8,21H,3-4,9-13H2,1-2H3,(H2,18,19,20);1H. The van der Waals surface area contributed by atoms with Crippen molar-refractivity contribution in [1.82, 2.24) is 10.6 Å². The summed E-state index contributed by atoms with van der Waals surface area (Å²) in [5, 5.41) is 16.6. The van der Waals surface area contributed by atoms with Crippen molar-refractivity contribution < 1.29 is 9.84 Å². The molecule has 0 aliphatic heterocycles. The summed E-state index contributed by atoms with van der Waals surface area (Å²) in [5.41, 5.74) is 0.681. The van der Waals surface area contributed by atoms with E-state index in [4.69, 9.17) is 4.74 Å². The van der Waals surface area contributed by atoms with Gasteiger partial charge in [-0.1, -0.05) is 12.1 Å². The SMILES string of the molecule is CCNC(=NCC1(O)CCC1)NCCc1ccc(OC)cc1.I. The molecule has 1 fully saturated rings. The molecule has 1 aliphatic carbocycles. The second-order valence-electron chi connectivity index (χ2n) is 5.80. The molecule has 5 nitrogen and oxygen atoms in total. The Hall–Kier alpha value is -1.02. The fraction of sp³-hybridized carbons (Fsp3) is 0.588. The Labute approximate surface area is 155 Å². The Balaban J connectivity index is 0.00000264. The molecule has 0 saturated heterocycles. The van der Waals surface area contributed by atoms with Crippen molar-refractivity contribution in [1.29, 1.82) is 0 Å². The lowest BCUT2D eigenvalue weighted by Crippen LogP contribution is -2.43. The maximum atomic E-state index is 10.1. The summed E-state index contributed by atoms with van der Waals surface area (Å²) < 4.78 is 5.16. The minimum absolute atomic E-state index is 0. The largest absolute Gasteiger partial charge is 0.497 e. The van der Waals surface area contributed by atoms with Gasteiger partial charge in [-0.3, -0.25) is 4.99 Å². The van der Waals surface area contributed by atoms with Crippen LogP contribution in [0.15, 0.2) is 29.3 Å². The van der Waals surface area contributed by atoms with Gasteiger partial charge >= 0.3 is 0 Å². The summed E-state index contributed by atoms with van der Waals surface area (Å²) in [4.78, 5) is 4.49. The van der Waals surface area contributed by atoms with Gasteiger partial charge in [0.05, 0.1) is 19.3 Å². The molecule has 1 aromatic carbocycles. The number of nitrogens with zero attached hydrogens (tertiary/aromatic N) is 1. The number of hydrogen-bond donors (Lipinski definition) is 3. The van der Waals surface area contributed by atoms with E-state index in [0.29, 0.717) is 6.54 Å². The van der Waals surface area contributed by atoms with E-state index in [1.807, 2.05) is 19.1 Å². The topological polar surface area (TPSA) is 65.9 Å². The average Bonchev–Trinajstić information content (AvgIpc) is 2.51. The molecular formula is C17H28IN3O2. The van der Waals surface area contributed by atoms with Crippen LogP contribution in [0.25, 0.3) is 0 Å². The highest BCUT2D eigenvalue weighted by atomic mass is 127. The van der Waals surface area contributed by atoms with E-state index in [9.17, 15) is 5.11 Å². The van der Waals surface area contributed by atoms with E-state index >= 15 is 0 Å². The Morgan fingerprint density at radius 2 is 1.96 bits per heavy atom. The Morgan fingerprint density at radius 1 is 1.26 bits per heavy atom. The number of hydrogen-bond acceptors (Lipinski definition) is 3. The Kier molecular flexibility index (Phi) is 8.68. The maximum Gasteiger partial charge on any atom is 0.191 e. The lowest BCUT2D eigenvalue weighted by atomic mass is 9.80. The fourth-order valence-electron chi connectivity index (χ4n) is 2.43. The number of methoxy groups -OCH3 is 1. The van der Waals surface area contributed by atoms with Crippen molar-refractivity contribution in [3.8, 4) is 5.75 Å². The molecule has 0 bridgehead atoms. The van der Waals surface area contributed by atoms with Gasteiger partial charge < -0.3 is 20.5 Å². The van der Waals surface area contributed by atoms with Crippen LogP contribution in [-0.4, -0.2) is 43.4 Å². The van der Waals surface area contributed by atoms with Gasteiger partial charge in [0.2, 0.25) is 0 Å². The lowest BCUT2D eigenvalue weighted by Gasteiger charge is -2.35. The van der Waals surface area contributed by atoms with Crippen molar-refractivity contribution in [2.75, 3.05) is 26.7 Å². The molecule has 130 valence electrons. The zero-order chi connectivity index (χ0) is 15.8. The average molecular weight is 433 g/mol. The zero-order valence-electron chi connectivity index (χ0n) is 14.0. The molecule has 0 aromatic heterocycles. The van der Waals surface area contributed by atoms with Gasteiger partial charge in [0.25, 0.3) is 0 Å². The first kappa shape index (κ1) is 20.0. The van der Waals surface area contributed by atoms with E-state index in [0.717, 1.165) is 50.5 Å². The molecular weight excluding hydrogens is 405 g/mol. The molecule has 0 unspecified atom stereocenters. The predicted octanol–water partition coefficient (Wildman–Crippen LogP) is 2.33. The molecule has 0 radical (unpaired) electrons. The Morgan fingerprint density at radius 3 is 2.48 bits per heavy atom. The van der Waals surface area contributed by atoms with Crippen LogP contribution in [0.3, 0.4) is 0 Å². The van der Waals surface area contributed by atoms with Gasteiger partial charge in [-0.2, -0.15) is 0 Å². The summed E-state index contributed by atoms with van der Waals surface area (Å²) >= 11 is 0. The second kappa shape index (κ2) is 9.97. The molecule has 3 N–H and O–H groups in total. The first-order chi connectivity index (χ1) is 10.6. The molecule has 0 atom stereocenters. The van der Waals surface area contributed by atoms with Crippen LogP contribution in [0.1, 0.15) is 31.7 Å². The molecule has 0 spiro atoms. The molecule has 1 aromatic rings. The van der Waals surface area contributed by atoms with E-state index in [1.54, 1.807) is 7.11 Å². The van der Waals surface area contributed by atoms with Gasteiger partial charge in [0.15, 0.2) is 5.96 Å². The van der Waals surface area contributed by atoms with E-state index in [1.165, 1.54) is 5.56 Å². The van der Waals surface area contributed by atoms with Crippen LogP contribution in [-0.2, 0) is 6.42 Å². The van der Waals surface area contributed by atoms with Gasteiger partial charge in [-0.15, -0.1) is 24.0 Å². The van der Waals surface area contributed by atoms with Crippen LogP contribution in [0.2, 0.25) is 0 Å². The highest BCUT2D eigenvalue weighted by Gasteiger charge is 2.34. The number of aliphatic hydroxyl groups is 1. The summed E-state index contributed by atoms with van der Waals surface area (Å²) in [5.74, 6) is 1.65. The summed E-state index contributed by atoms with van der Waals surface area (Å²) in [6.07, 6.45) is 3.75. The first-order valence-electron chi connectivity index (χ1n) is 8.03. The molecule has 1 saturated carbocycles. The maximum absolute atomic E-state index is 10.1. The molecule has 0 heterocycles. The minimum atomic E-state index is -0.571. The van der Waals surface area contributed by atoms with Gasteiger partial charge in [0, 0.05) is 13.1 Å². The van der Waals surface area contributed by atoms with Crippen LogP contribution in [0, 0.1) is 0 Å². The summed E-state index contributed by atoms with van der Waals surface area (Å²) in [6.45, 7) is 4.13. The van der Waals surface area contributed by atoms with Crippen molar-refractivity contribution in [2.45, 2.75) is 38.2 Å². The quantitative estimate of drug-likeness (QED) is 0.351. The van der Waals surface area contributed by atoms with Crippen LogP contribution in [0.4, 0.5) is 0 Å². The van der Waals surface area contributed by atoms with Crippen LogP contribution < -0.4 is 15.4 Å². The third-order valence-corrected chi connectivity index (χ3v) is 4.03. The number of benzene rings is 1. The van der Waals surface area contributed by atoms with Crippen molar-refractivity contribution in [3.05, 3.63) is 29.8 Å². The van der Waals surface area contributed by atoms with Gasteiger partial charge in [-0.25, -0.2) is 0 Å². The molecule has 0 amide bonds. The number of ether oxygens (including phenoxy) is 1. The van der Waals surface area contributed by atoms with Gasteiger partial charge in [-0.05, 0) is 50.3 Å². The monoisotopic (exact) mass is 433 g/mol. The number of halogens is 1. The summed E-state index contributed by atoms with van der Waals surface area (Å²) in [7, 11) is 1.67. The third kappa shape index (κ3) is 6.55. The minimum Gasteiger partial charge on any atom is -0.497 e. The lowest BCUT2D eigenvalue weighted by molar-refractivity contribution is -0.0236. The summed E-state index contributed by atoms with van der Waals surface area (Å²) in [6, 6.07) is 8.09. The van der Waals surface area contributed by atoms with Crippen molar-refractivity contribution in [2.24, 2.45) is 4.99 Å². The first-order valence-corrected chi connectivity index (χ1v) is 8.03. The van der Waals surface area contributed by atoms with E-state index < -0.39 is 5.60 Å². The Bertz CT molecular complexity index is 487. The molecule has 23 heavy (non-hydrogen) atoms. The predicted molar refractivity (Wildman–Crippen MR) is 105 cm³/mol. The molecule has 2 rings (SSSR count). The van der Waals surface area contributed by atoms with Crippen molar-refractivity contribution >= 4 is 29.9 Å². The fourth-order valence-corrected chi connectivity index (χ4v) is 2.43. The van der Waals surface area contributed by atoms with Gasteiger partial charge in [0.1, 0.15) is 5.75 Å². The normalized spacial score (nSPS) is 16.0. The van der Waals surface area contributed by atoms with E-state index in [2.05, 4.69) is 27.8 Å². The van der Waals surface area contributed by atoms with Crippen LogP contribution >= 0.6 is 24.0 Å². The molecule has 1 aliphatic rings. The highest BCUT2D eigenvalue weighted by molar-refractivity contribution is 14.0. The third-order valence-electron chi connectivity index (χ3n) is 4.03. The van der Waals surface area contributed by atoms with Crippen LogP contribution in [0.5, 0.6) is 5.75 Å². The number of nitrogens with one attached hydrogen (secondary N) is 2. The smallest absolute Gasteiger partial charge is 0.191 e. The second-order valence-corrected chi connectivity index (χ2v) is 5.80. The number of aliphatic imine (C=N–C) groups is 1. The highest BCUT2D eigenvalue weighted by Crippen LogP contribution is 2.31. The zero-order valence-corrected chi connectivity index (χ0v) is 16.3. The molecule has 6 heteroatoms. The van der Waals surface area contributed by atoms with E-state index in [-0.39, 0.29) is 24.0 Å².